The topological polar surface area (TPSA) is 24.5 Å². The van der Waals surface area contributed by atoms with E-state index in [0.717, 1.165) is 24.9 Å². The van der Waals surface area contributed by atoms with Crippen LogP contribution in [-0.2, 0) is 4.74 Å². The van der Waals surface area contributed by atoms with Gasteiger partial charge in [0.15, 0.2) is 0 Å². The van der Waals surface area contributed by atoms with E-state index in [2.05, 4.69) is 37.9 Å². The second-order valence-electron chi connectivity index (χ2n) is 7.44. The summed E-state index contributed by atoms with van der Waals surface area (Å²) in [7, 11) is 1.87. The second kappa shape index (κ2) is 6.76. The molecular formula is C17H34N2O. The average molecular weight is 282 g/mol. The number of likely N-dealkylation sites (tertiary alicyclic amines) is 1. The summed E-state index contributed by atoms with van der Waals surface area (Å²) in [5.41, 5.74) is 0.0534. The van der Waals surface area contributed by atoms with Gasteiger partial charge in [0.05, 0.1) is 5.60 Å². The van der Waals surface area contributed by atoms with Crippen molar-refractivity contribution in [2.24, 2.45) is 11.8 Å². The molecule has 0 bridgehead atoms. The third kappa shape index (κ3) is 3.55. The number of methoxy groups -OCH3 is 1. The molecule has 20 heavy (non-hydrogen) atoms. The summed E-state index contributed by atoms with van der Waals surface area (Å²) in [6, 6.07) is 1.33. The van der Waals surface area contributed by atoms with Gasteiger partial charge in [-0.3, -0.25) is 4.90 Å². The molecule has 2 rings (SSSR count). The number of rotatable bonds is 4. The highest BCUT2D eigenvalue weighted by molar-refractivity contribution is 4.97. The lowest BCUT2D eigenvalue weighted by Crippen LogP contribution is -2.61. The minimum absolute atomic E-state index is 0.0534. The highest BCUT2D eigenvalue weighted by atomic mass is 16.5. The van der Waals surface area contributed by atoms with Crippen molar-refractivity contribution in [3.05, 3.63) is 0 Å². The molecule has 1 aliphatic heterocycles. The van der Waals surface area contributed by atoms with Crippen LogP contribution in [0.5, 0.6) is 0 Å². The molecule has 0 spiro atoms. The van der Waals surface area contributed by atoms with Crippen molar-refractivity contribution in [1.82, 2.24) is 10.2 Å². The molecule has 0 aromatic rings. The minimum atomic E-state index is 0.0534. The molecule has 1 heterocycles. The van der Waals surface area contributed by atoms with Gasteiger partial charge in [0.1, 0.15) is 0 Å². The Kier molecular flexibility index (Phi) is 5.49. The van der Waals surface area contributed by atoms with Crippen molar-refractivity contribution >= 4 is 0 Å². The van der Waals surface area contributed by atoms with E-state index in [-0.39, 0.29) is 5.60 Å². The normalized spacial score (nSPS) is 43.6. The van der Waals surface area contributed by atoms with Gasteiger partial charge in [0.25, 0.3) is 0 Å². The number of nitrogens with zero attached hydrogens (tertiary/aromatic N) is 1. The SMILES string of the molecule is CCNC1CC(C)CC(C)C1N1CCCC(C)(OC)C1. The predicted molar refractivity (Wildman–Crippen MR) is 85.0 cm³/mol. The second-order valence-corrected chi connectivity index (χ2v) is 7.44. The van der Waals surface area contributed by atoms with Gasteiger partial charge in [-0.15, -0.1) is 0 Å². The summed E-state index contributed by atoms with van der Waals surface area (Å²) in [5.74, 6) is 1.63. The third-order valence-electron chi connectivity index (χ3n) is 5.49. The fourth-order valence-electron chi connectivity index (χ4n) is 4.59. The smallest absolute Gasteiger partial charge is 0.0777 e. The number of ether oxygens (including phenoxy) is 1. The van der Waals surface area contributed by atoms with Gasteiger partial charge in [-0.1, -0.05) is 20.8 Å². The number of hydrogen-bond donors (Lipinski definition) is 1. The molecule has 1 saturated heterocycles. The van der Waals surface area contributed by atoms with Crippen LogP contribution in [0.25, 0.3) is 0 Å². The first-order valence-electron chi connectivity index (χ1n) is 8.51. The molecule has 3 heteroatoms. The monoisotopic (exact) mass is 282 g/mol. The van der Waals surface area contributed by atoms with Crippen LogP contribution in [0.3, 0.4) is 0 Å². The largest absolute Gasteiger partial charge is 0.377 e. The lowest BCUT2D eigenvalue weighted by Gasteiger charge is -2.50. The highest BCUT2D eigenvalue weighted by Crippen LogP contribution is 2.35. The molecule has 118 valence electrons. The Morgan fingerprint density at radius 1 is 1.30 bits per heavy atom. The molecule has 5 unspecified atom stereocenters. The van der Waals surface area contributed by atoms with Gasteiger partial charge in [-0.05, 0) is 57.5 Å². The zero-order chi connectivity index (χ0) is 14.8. The number of nitrogens with one attached hydrogen (secondary N) is 1. The summed E-state index contributed by atoms with van der Waals surface area (Å²) in [6.07, 6.45) is 5.15. The van der Waals surface area contributed by atoms with Gasteiger partial charge in [0, 0.05) is 25.7 Å². The Bertz CT molecular complexity index is 309. The van der Waals surface area contributed by atoms with Gasteiger partial charge in [-0.25, -0.2) is 0 Å². The Balaban J connectivity index is 2.10. The molecule has 0 amide bonds. The lowest BCUT2D eigenvalue weighted by molar-refractivity contribution is -0.0775. The molecular weight excluding hydrogens is 248 g/mol. The van der Waals surface area contributed by atoms with E-state index >= 15 is 0 Å². The van der Waals surface area contributed by atoms with Crippen LogP contribution in [0.15, 0.2) is 0 Å². The molecule has 3 nitrogen and oxygen atoms in total. The van der Waals surface area contributed by atoms with Crippen LogP contribution in [0.4, 0.5) is 0 Å². The number of piperidine rings is 1. The van der Waals surface area contributed by atoms with Crippen molar-refractivity contribution in [2.75, 3.05) is 26.7 Å². The zero-order valence-corrected chi connectivity index (χ0v) is 14.1. The molecule has 0 aromatic heterocycles. The lowest BCUT2D eigenvalue weighted by atomic mass is 9.75. The molecule has 5 atom stereocenters. The van der Waals surface area contributed by atoms with E-state index < -0.39 is 0 Å². The van der Waals surface area contributed by atoms with Gasteiger partial charge in [0.2, 0.25) is 0 Å². The van der Waals surface area contributed by atoms with Crippen molar-refractivity contribution < 1.29 is 4.74 Å². The van der Waals surface area contributed by atoms with E-state index in [0.29, 0.717) is 12.1 Å². The maximum Gasteiger partial charge on any atom is 0.0777 e. The maximum absolute atomic E-state index is 5.79. The van der Waals surface area contributed by atoms with Crippen LogP contribution in [0.2, 0.25) is 0 Å². The van der Waals surface area contributed by atoms with Crippen LogP contribution in [0.1, 0.15) is 53.4 Å². The predicted octanol–water partition coefficient (Wildman–Crippen LogP) is 2.90. The van der Waals surface area contributed by atoms with Gasteiger partial charge >= 0.3 is 0 Å². The molecule has 1 N–H and O–H groups in total. The van der Waals surface area contributed by atoms with Gasteiger partial charge < -0.3 is 10.1 Å². The summed E-state index contributed by atoms with van der Waals surface area (Å²) >= 11 is 0. The van der Waals surface area contributed by atoms with E-state index in [9.17, 15) is 0 Å². The third-order valence-corrected chi connectivity index (χ3v) is 5.49. The fraction of sp³-hybridized carbons (Fsp3) is 1.00. The van der Waals surface area contributed by atoms with Gasteiger partial charge in [-0.2, -0.15) is 0 Å². The summed E-state index contributed by atoms with van der Waals surface area (Å²) in [5, 5.41) is 3.76. The first kappa shape index (κ1) is 16.3. The Morgan fingerprint density at radius 3 is 2.70 bits per heavy atom. The summed E-state index contributed by atoms with van der Waals surface area (Å²) in [4.78, 5) is 2.72. The molecule has 0 radical (unpaired) electrons. The molecule has 0 aromatic carbocycles. The van der Waals surface area contributed by atoms with Crippen LogP contribution in [0, 0.1) is 11.8 Å². The Hall–Kier alpha value is -0.120. The Morgan fingerprint density at radius 2 is 2.05 bits per heavy atom. The number of hydrogen-bond acceptors (Lipinski definition) is 3. The summed E-state index contributed by atoms with van der Waals surface area (Å²) < 4.78 is 5.79. The van der Waals surface area contributed by atoms with Crippen molar-refractivity contribution in [3.8, 4) is 0 Å². The fourth-order valence-corrected chi connectivity index (χ4v) is 4.59. The minimum Gasteiger partial charge on any atom is -0.377 e. The van der Waals surface area contributed by atoms with Crippen molar-refractivity contribution in [3.63, 3.8) is 0 Å². The van der Waals surface area contributed by atoms with Crippen LogP contribution < -0.4 is 5.32 Å². The van der Waals surface area contributed by atoms with E-state index in [4.69, 9.17) is 4.74 Å². The molecule has 2 aliphatic rings. The van der Waals surface area contributed by atoms with E-state index in [1.54, 1.807) is 0 Å². The number of likely N-dealkylation sites (N-methyl/N-ethyl adjacent to an activating group) is 1. The van der Waals surface area contributed by atoms with Crippen molar-refractivity contribution in [2.45, 2.75) is 71.1 Å². The maximum atomic E-state index is 5.79. The summed E-state index contributed by atoms with van der Waals surface area (Å²) in [6.45, 7) is 12.8. The quantitative estimate of drug-likeness (QED) is 0.858. The first-order valence-corrected chi connectivity index (χ1v) is 8.51. The van der Waals surface area contributed by atoms with Crippen LogP contribution in [-0.4, -0.2) is 49.3 Å². The Labute approximate surface area is 125 Å². The molecule has 1 aliphatic carbocycles. The highest BCUT2D eigenvalue weighted by Gasteiger charge is 2.41. The molecule has 2 fully saturated rings. The van der Waals surface area contributed by atoms with E-state index in [1.807, 2.05) is 7.11 Å². The average Bonchev–Trinajstić information content (AvgIpc) is 2.38. The van der Waals surface area contributed by atoms with E-state index in [1.165, 1.54) is 32.2 Å². The zero-order valence-electron chi connectivity index (χ0n) is 14.1. The first-order chi connectivity index (χ1) is 9.49. The van der Waals surface area contributed by atoms with Crippen molar-refractivity contribution in [1.29, 1.82) is 0 Å². The standard InChI is InChI=1S/C17H34N2O/c1-6-18-15-11-13(2)10-14(3)16(15)19-9-7-8-17(4,12-19)20-5/h13-16,18H,6-12H2,1-5H3. The molecule has 1 saturated carbocycles. The van der Waals surface area contributed by atoms with Crippen LogP contribution >= 0.6 is 0 Å².